The number of Topliss-reactive ketones (excluding diaryl/α,β-unsaturated/α-hetero) is 1. The molecular formula is C17H24N2O3. The number of nitrogens with one attached hydrogen (secondary N) is 1. The topological polar surface area (TPSA) is 58.6 Å². The van der Waals surface area contributed by atoms with Crippen LogP contribution in [0, 0.1) is 0 Å². The lowest BCUT2D eigenvalue weighted by Gasteiger charge is -2.23. The minimum Gasteiger partial charge on any atom is -0.494 e. The summed E-state index contributed by atoms with van der Waals surface area (Å²) in [6, 6.07) is 7.41. The third kappa shape index (κ3) is 4.56. The number of ether oxygens (including phenoxy) is 1. The second-order valence-electron chi connectivity index (χ2n) is 5.68. The Morgan fingerprint density at radius 2 is 2.05 bits per heavy atom. The first-order valence-corrected chi connectivity index (χ1v) is 7.78. The number of carbonyl (C=O) groups excluding carboxylic acids is 2. The molecule has 1 fully saturated rings. The van der Waals surface area contributed by atoms with Crippen molar-refractivity contribution in [2.75, 3.05) is 26.7 Å². The van der Waals surface area contributed by atoms with E-state index in [2.05, 4.69) is 5.32 Å². The Labute approximate surface area is 131 Å². The first kappa shape index (κ1) is 16.5. The van der Waals surface area contributed by atoms with E-state index in [4.69, 9.17) is 4.74 Å². The highest BCUT2D eigenvalue weighted by atomic mass is 16.5. The van der Waals surface area contributed by atoms with Crippen LogP contribution in [0.25, 0.3) is 0 Å². The van der Waals surface area contributed by atoms with Gasteiger partial charge in [-0.25, -0.2) is 0 Å². The zero-order chi connectivity index (χ0) is 15.9. The van der Waals surface area contributed by atoms with Crippen LogP contribution in [-0.2, 0) is 4.79 Å². The van der Waals surface area contributed by atoms with Gasteiger partial charge in [0.05, 0.1) is 6.61 Å². The SMILES string of the molecule is CC(=O)c1ccc(OCCCC(=O)N(C)C2CCNC2)cc1. The molecule has 0 bridgehead atoms. The Hall–Kier alpha value is -1.88. The van der Waals surface area contributed by atoms with Crippen molar-refractivity contribution in [2.24, 2.45) is 0 Å². The standard InChI is InChI=1S/C17H24N2O3/c1-13(20)14-5-7-16(8-6-14)22-11-3-4-17(21)19(2)15-9-10-18-12-15/h5-8,15,18H,3-4,9-12H2,1-2H3. The lowest BCUT2D eigenvalue weighted by molar-refractivity contribution is -0.131. The monoisotopic (exact) mass is 304 g/mol. The lowest BCUT2D eigenvalue weighted by atomic mass is 10.1. The molecular weight excluding hydrogens is 280 g/mol. The van der Waals surface area contributed by atoms with E-state index in [1.165, 1.54) is 6.92 Å². The molecule has 1 aliphatic rings. The Balaban J connectivity index is 1.68. The molecule has 120 valence electrons. The molecule has 1 aliphatic heterocycles. The number of hydrogen-bond donors (Lipinski definition) is 1. The van der Waals surface area contributed by atoms with Crippen LogP contribution < -0.4 is 10.1 Å². The Morgan fingerprint density at radius 1 is 1.32 bits per heavy atom. The Kier molecular flexibility index (Phi) is 5.95. The summed E-state index contributed by atoms with van der Waals surface area (Å²) in [5.41, 5.74) is 0.675. The molecule has 2 rings (SSSR count). The van der Waals surface area contributed by atoms with Crippen LogP contribution in [0.4, 0.5) is 0 Å². The van der Waals surface area contributed by atoms with E-state index in [0.29, 0.717) is 31.1 Å². The molecule has 22 heavy (non-hydrogen) atoms. The van der Waals surface area contributed by atoms with E-state index in [1.807, 2.05) is 11.9 Å². The fraction of sp³-hybridized carbons (Fsp3) is 0.529. The predicted octanol–water partition coefficient (Wildman–Crippen LogP) is 1.87. The average Bonchev–Trinajstić information content (AvgIpc) is 3.05. The molecule has 0 aliphatic carbocycles. The number of benzene rings is 1. The molecule has 1 N–H and O–H groups in total. The number of hydrogen-bond acceptors (Lipinski definition) is 4. The highest BCUT2D eigenvalue weighted by Gasteiger charge is 2.22. The van der Waals surface area contributed by atoms with Crippen molar-refractivity contribution in [3.63, 3.8) is 0 Å². The van der Waals surface area contributed by atoms with Gasteiger partial charge in [0.15, 0.2) is 5.78 Å². The van der Waals surface area contributed by atoms with Crippen molar-refractivity contribution < 1.29 is 14.3 Å². The van der Waals surface area contributed by atoms with Gasteiger partial charge >= 0.3 is 0 Å². The molecule has 0 radical (unpaired) electrons. The average molecular weight is 304 g/mol. The van der Waals surface area contributed by atoms with Crippen molar-refractivity contribution >= 4 is 11.7 Å². The molecule has 0 saturated carbocycles. The minimum absolute atomic E-state index is 0.0431. The normalized spacial score (nSPS) is 17.3. The Morgan fingerprint density at radius 3 is 2.64 bits per heavy atom. The summed E-state index contributed by atoms with van der Waals surface area (Å²) >= 11 is 0. The molecule has 1 saturated heterocycles. The minimum atomic E-state index is 0.0431. The largest absolute Gasteiger partial charge is 0.494 e. The van der Waals surface area contributed by atoms with E-state index in [1.54, 1.807) is 24.3 Å². The maximum absolute atomic E-state index is 12.1. The number of carbonyl (C=O) groups is 2. The van der Waals surface area contributed by atoms with Crippen molar-refractivity contribution in [1.82, 2.24) is 10.2 Å². The van der Waals surface area contributed by atoms with Gasteiger partial charge in [-0.1, -0.05) is 0 Å². The van der Waals surface area contributed by atoms with Gasteiger partial charge in [0.2, 0.25) is 5.91 Å². The summed E-state index contributed by atoms with van der Waals surface area (Å²) in [5, 5.41) is 3.27. The maximum atomic E-state index is 12.1. The van der Waals surface area contributed by atoms with Crippen LogP contribution in [0.15, 0.2) is 24.3 Å². The van der Waals surface area contributed by atoms with Crippen LogP contribution in [0.3, 0.4) is 0 Å². The predicted molar refractivity (Wildman–Crippen MR) is 85.2 cm³/mol. The van der Waals surface area contributed by atoms with Gasteiger partial charge < -0.3 is 15.0 Å². The fourth-order valence-electron chi connectivity index (χ4n) is 2.55. The third-order valence-corrected chi connectivity index (χ3v) is 4.04. The second kappa shape index (κ2) is 7.94. The molecule has 0 aromatic heterocycles. The van der Waals surface area contributed by atoms with E-state index in [0.717, 1.165) is 25.3 Å². The van der Waals surface area contributed by atoms with Crippen LogP contribution in [0.2, 0.25) is 0 Å². The van der Waals surface area contributed by atoms with Crippen molar-refractivity contribution in [3.05, 3.63) is 29.8 Å². The highest BCUT2D eigenvalue weighted by Crippen LogP contribution is 2.13. The fourth-order valence-corrected chi connectivity index (χ4v) is 2.55. The molecule has 0 spiro atoms. The molecule has 1 atom stereocenters. The quantitative estimate of drug-likeness (QED) is 0.617. The number of rotatable bonds is 7. The van der Waals surface area contributed by atoms with Gasteiger partial charge in [0, 0.05) is 31.6 Å². The zero-order valence-electron chi connectivity index (χ0n) is 13.3. The number of nitrogens with zero attached hydrogens (tertiary/aromatic N) is 1. The van der Waals surface area contributed by atoms with E-state index in [-0.39, 0.29) is 11.7 Å². The molecule has 5 nitrogen and oxygen atoms in total. The van der Waals surface area contributed by atoms with Crippen molar-refractivity contribution in [2.45, 2.75) is 32.2 Å². The molecule has 5 heteroatoms. The Bertz CT molecular complexity index is 507. The van der Waals surface area contributed by atoms with E-state index < -0.39 is 0 Å². The number of ketones is 1. The van der Waals surface area contributed by atoms with Crippen LogP contribution >= 0.6 is 0 Å². The van der Waals surface area contributed by atoms with Gasteiger partial charge in [0.25, 0.3) is 0 Å². The van der Waals surface area contributed by atoms with Crippen LogP contribution in [-0.4, -0.2) is 49.4 Å². The number of amides is 1. The van der Waals surface area contributed by atoms with Gasteiger partial charge in [-0.05, 0) is 50.6 Å². The smallest absolute Gasteiger partial charge is 0.222 e. The zero-order valence-corrected chi connectivity index (χ0v) is 13.3. The molecule has 1 amide bonds. The maximum Gasteiger partial charge on any atom is 0.222 e. The van der Waals surface area contributed by atoms with Gasteiger partial charge in [0.1, 0.15) is 5.75 Å². The summed E-state index contributed by atoms with van der Waals surface area (Å²) in [6.07, 6.45) is 2.22. The molecule has 1 aromatic rings. The first-order chi connectivity index (χ1) is 10.6. The lowest BCUT2D eigenvalue weighted by Crippen LogP contribution is -2.38. The van der Waals surface area contributed by atoms with Gasteiger partial charge in [-0.15, -0.1) is 0 Å². The van der Waals surface area contributed by atoms with Crippen LogP contribution in [0.5, 0.6) is 5.75 Å². The van der Waals surface area contributed by atoms with E-state index >= 15 is 0 Å². The van der Waals surface area contributed by atoms with Crippen molar-refractivity contribution in [1.29, 1.82) is 0 Å². The van der Waals surface area contributed by atoms with Crippen molar-refractivity contribution in [3.8, 4) is 5.75 Å². The first-order valence-electron chi connectivity index (χ1n) is 7.78. The van der Waals surface area contributed by atoms with E-state index in [9.17, 15) is 9.59 Å². The van der Waals surface area contributed by atoms with Gasteiger partial charge in [-0.2, -0.15) is 0 Å². The molecule has 1 heterocycles. The third-order valence-electron chi connectivity index (χ3n) is 4.04. The second-order valence-corrected chi connectivity index (χ2v) is 5.68. The summed E-state index contributed by atoms with van der Waals surface area (Å²) in [5.74, 6) is 0.941. The summed E-state index contributed by atoms with van der Waals surface area (Å²) in [6.45, 7) is 3.92. The van der Waals surface area contributed by atoms with Gasteiger partial charge in [-0.3, -0.25) is 9.59 Å². The summed E-state index contributed by atoms with van der Waals surface area (Å²) in [7, 11) is 1.88. The summed E-state index contributed by atoms with van der Waals surface area (Å²) in [4.78, 5) is 25.1. The molecule has 1 aromatic carbocycles. The summed E-state index contributed by atoms with van der Waals surface area (Å²) < 4.78 is 5.60. The molecule has 1 unspecified atom stereocenters. The number of likely N-dealkylation sites (N-methyl/N-ethyl adjacent to an activating group) is 1. The highest BCUT2D eigenvalue weighted by molar-refractivity contribution is 5.94. The van der Waals surface area contributed by atoms with Crippen LogP contribution in [0.1, 0.15) is 36.5 Å².